The first-order valence-corrected chi connectivity index (χ1v) is 15.2. The number of benzene rings is 3. The number of amides is 2. The standard InChI is InChI=1S/C30H36BrN3O4S/c1-6-17-32-30(36)24(5)33(19-25-11-13-26(31)14-12-25)29(35)20-34(28-18-22(3)7-10-23(28)4)39(37,38)27-15-8-21(2)9-16-27/h7-16,18,24H,6,17,19-20H2,1-5H3,(H,32,36)/t24-/m1/s1. The van der Waals surface area contributed by atoms with Crippen molar-refractivity contribution in [1.29, 1.82) is 0 Å². The lowest BCUT2D eigenvalue weighted by atomic mass is 10.1. The van der Waals surface area contributed by atoms with Gasteiger partial charge in [-0.1, -0.05) is 64.8 Å². The average Bonchev–Trinajstić information content (AvgIpc) is 2.91. The van der Waals surface area contributed by atoms with Crippen LogP contribution in [0.1, 0.15) is 42.5 Å². The Bertz CT molecular complexity index is 1410. The molecule has 1 atom stereocenters. The van der Waals surface area contributed by atoms with Gasteiger partial charge in [-0.25, -0.2) is 8.42 Å². The Balaban J connectivity index is 2.05. The van der Waals surface area contributed by atoms with Gasteiger partial charge in [0.25, 0.3) is 10.0 Å². The minimum atomic E-state index is -4.10. The number of aryl methyl sites for hydroxylation is 3. The summed E-state index contributed by atoms with van der Waals surface area (Å²) in [6, 6.07) is 18.7. The normalized spacial score (nSPS) is 12.1. The van der Waals surface area contributed by atoms with Crippen LogP contribution in [0.3, 0.4) is 0 Å². The molecule has 39 heavy (non-hydrogen) atoms. The predicted octanol–water partition coefficient (Wildman–Crippen LogP) is 5.51. The van der Waals surface area contributed by atoms with Crippen molar-refractivity contribution >= 4 is 43.5 Å². The van der Waals surface area contributed by atoms with Crippen molar-refractivity contribution in [3.8, 4) is 0 Å². The molecule has 208 valence electrons. The third kappa shape index (κ3) is 7.70. The highest BCUT2D eigenvalue weighted by Gasteiger charge is 2.33. The summed E-state index contributed by atoms with van der Waals surface area (Å²) in [7, 11) is -4.10. The highest BCUT2D eigenvalue weighted by Crippen LogP contribution is 2.29. The molecule has 1 N–H and O–H groups in total. The van der Waals surface area contributed by atoms with Gasteiger partial charge < -0.3 is 10.2 Å². The molecule has 0 spiro atoms. The number of hydrogen-bond donors (Lipinski definition) is 1. The molecule has 3 aromatic carbocycles. The Morgan fingerprint density at radius 3 is 2.15 bits per heavy atom. The minimum Gasteiger partial charge on any atom is -0.354 e. The van der Waals surface area contributed by atoms with Gasteiger partial charge in [-0.15, -0.1) is 0 Å². The van der Waals surface area contributed by atoms with E-state index >= 15 is 0 Å². The van der Waals surface area contributed by atoms with Gasteiger partial charge in [-0.2, -0.15) is 0 Å². The number of halogens is 1. The van der Waals surface area contributed by atoms with Gasteiger partial charge in [0.05, 0.1) is 10.6 Å². The fourth-order valence-corrected chi connectivity index (χ4v) is 5.84. The summed E-state index contributed by atoms with van der Waals surface area (Å²) in [6.45, 7) is 9.37. The van der Waals surface area contributed by atoms with Crippen molar-refractivity contribution in [2.75, 3.05) is 17.4 Å². The zero-order valence-electron chi connectivity index (χ0n) is 23.1. The second kappa shape index (κ2) is 13.3. The van der Waals surface area contributed by atoms with E-state index in [0.29, 0.717) is 12.2 Å². The van der Waals surface area contributed by atoms with E-state index in [0.717, 1.165) is 37.5 Å². The molecule has 9 heteroatoms. The van der Waals surface area contributed by atoms with Crippen molar-refractivity contribution in [3.05, 3.63) is 93.5 Å². The number of carbonyl (C=O) groups excluding carboxylic acids is 2. The van der Waals surface area contributed by atoms with Gasteiger partial charge in [0.2, 0.25) is 11.8 Å². The van der Waals surface area contributed by atoms with Crippen molar-refractivity contribution < 1.29 is 18.0 Å². The highest BCUT2D eigenvalue weighted by molar-refractivity contribution is 9.10. The van der Waals surface area contributed by atoms with Crippen molar-refractivity contribution in [1.82, 2.24) is 10.2 Å². The number of carbonyl (C=O) groups is 2. The summed E-state index contributed by atoms with van der Waals surface area (Å²) in [6.07, 6.45) is 0.758. The van der Waals surface area contributed by atoms with Crippen molar-refractivity contribution in [2.24, 2.45) is 0 Å². The summed E-state index contributed by atoms with van der Waals surface area (Å²) in [4.78, 5) is 28.5. The fourth-order valence-electron chi connectivity index (χ4n) is 4.10. The average molecular weight is 615 g/mol. The predicted molar refractivity (Wildman–Crippen MR) is 159 cm³/mol. The Kier molecular flexibility index (Phi) is 10.3. The van der Waals surface area contributed by atoms with Crippen LogP contribution >= 0.6 is 15.9 Å². The van der Waals surface area contributed by atoms with Gasteiger partial charge in [-0.05, 0) is 81.1 Å². The molecule has 3 rings (SSSR count). The van der Waals surface area contributed by atoms with Crippen LogP contribution in [-0.2, 0) is 26.2 Å². The lowest BCUT2D eigenvalue weighted by Gasteiger charge is -2.32. The highest BCUT2D eigenvalue weighted by atomic mass is 79.9. The molecular weight excluding hydrogens is 578 g/mol. The molecule has 0 saturated carbocycles. The van der Waals surface area contributed by atoms with Crippen molar-refractivity contribution in [3.63, 3.8) is 0 Å². The Morgan fingerprint density at radius 2 is 1.54 bits per heavy atom. The molecule has 0 saturated heterocycles. The first-order chi connectivity index (χ1) is 18.4. The molecule has 0 heterocycles. The van der Waals surface area contributed by atoms with Gasteiger partial charge in [-0.3, -0.25) is 13.9 Å². The van der Waals surface area contributed by atoms with Gasteiger partial charge in [0.1, 0.15) is 12.6 Å². The van der Waals surface area contributed by atoms with Crippen molar-refractivity contribution in [2.45, 2.75) is 58.5 Å². The largest absolute Gasteiger partial charge is 0.354 e. The second-order valence-electron chi connectivity index (χ2n) is 9.73. The number of rotatable bonds is 11. The lowest BCUT2D eigenvalue weighted by Crippen LogP contribution is -2.51. The molecule has 0 aliphatic rings. The molecule has 0 bridgehead atoms. The van der Waals surface area contributed by atoms with Crippen LogP contribution in [0.4, 0.5) is 5.69 Å². The summed E-state index contributed by atoms with van der Waals surface area (Å²) in [5.74, 6) is -0.768. The first kappa shape index (κ1) is 30.4. The molecule has 7 nitrogen and oxygen atoms in total. The maximum Gasteiger partial charge on any atom is 0.264 e. The molecule has 0 fully saturated rings. The van der Waals surface area contributed by atoms with Crippen LogP contribution in [0.15, 0.2) is 76.1 Å². The van der Waals surface area contributed by atoms with Crippen LogP contribution in [0.25, 0.3) is 0 Å². The lowest BCUT2D eigenvalue weighted by molar-refractivity contribution is -0.139. The van der Waals surface area contributed by atoms with Crippen LogP contribution in [0.2, 0.25) is 0 Å². The minimum absolute atomic E-state index is 0.0926. The number of nitrogens with one attached hydrogen (secondary N) is 1. The Hall–Kier alpha value is -3.17. The van der Waals surface area contributed by atoms with E-state index in [-0.39, 0.29) is 17.3 Å². The topological polar surface area (TPSA) is 86.8 Å². The van der Waals surface area contributed by atoms with Gasteiger partial charge in [0, 0.05) is 17.6 Å². The van der Waals surface area contributed by atoms with E-state index < -0.39 is 28.5 Å². The van der Waals surface area contributed by atoms with E-state index in [1.807, 2.05) is 64.1 Å². The zero-order chi connectivity index (χ0) is 28.7. The first-order valence-electron chi connectivity index (χ1n) is 12.9. The third-order valence-electron chi connectivity index (χ3n) is 6.50. The summed E-state index contributed by atoms with van der Waals surface area (Å²) < 4.78 is 30.0. The van der Waals surface area contributed by atoms with Gasteiger partial charge >= 0.3 is 0 Å². The van der Waals surface area contributed by atoms with Crippen LogP contribution in [0, 0.1) is 20.8 Å². The number of sulfonamides is 1. The number of anilines is 1. The number of nitrogens with zero attached hydrogens (tertiary/aromatic N) is 2. The molecule has 0 aliphatic heterocycles. The molecule has 3 aromatic rings. The summed E-state index contributed by atoms with van der Waals surface area (Å²) >= 11 is 3.42. The molecule has 0 radical (unpaired) electrons. The number of hydrogen-bond acceptors (Lipinski definition) is 4. The maximum atomic E-state index is 14.0. The molecular formula is C30H36BrN3O4S. The smallest absolute Gasteiger partial charge is 0.264 e. The third-order valence-corrected chi connectivity index (χ3v) is 8.81. The molecule has 2 amide bonds. The van der Waals surface area contributed by atoms with Gasteiger partial charge in [0.15, 0.2) is 0 Å². The van der Waals surface area contributed by atoms with E-state index in [4.69, 9.17) is 0 Å². The summed E-state index contributed by atoms with van der Waals surface area (Å²) in [5, 5.41) is 2.85. The zero-order valence-corrected chi connectivity index (χ0v) is 25.5. The maximum absolute atomic E-state index is 14.0. The summed E-state index contributed by atoms with van der Waals surface area (Å²) in [5.41, 5.74) is 3.76. The van der Waals surface area contributed by atoms with Crippen LogP contribution in [0.5, 0.6) is 0 Å². The van der Waals surface area contributed by atoms with E-state index in [1.54, 1.807) is 37.3 Å². The van der Waals surface area contributed by atoms with E-state index in [9.17, 15) is 18.0 Å². The Labute approximate surface area is 240 Å². The molecule has 0 aliphatic carbocycles. The van der Waals surface area contributed by atoms with E-state index in [1.165, 1.54) is 4.90 Å². The van der Waals surface area contributed by atoms with E-state index in [2.05, 4.69) is 21.2 Å². The Morgan fingerprint density at radius 1 is 0.923 bits per heavy atom. The molecule has 0 unspecified atom stereocenters. The second-order valence-corrected chi connectivity index (χ2v) is 12.5. The van der Waals surface area contributed by atoms with Crippen LogP contribution < -0.4 is 9.62 Å². The quantitative estimate of drug-likeness (QED) is 0.309. The SMILES string of the molecule is CCCNC(=O)[C@@H](C)N(Cc1ccc(Br)cc1)C(=O)CN(c1cc(C)ccc1C)S(=O)(=O)c1ccc(C)cc1. The fraction of sp³-hybridized carbons (Fsp3) is 0.333. The monoisotopic (exact) mass is 613 g/mol. The van der Waals surface area contributed by atoms with Crippen LogP contribution in [-0.4, -0.2) is 44.3 Å². The molecule has 0 aromatic heterocycles.